The molecule has 0 spiro atoms. The first-order valence-electron chi connectivity index (χ1n) is 3.00. The average Bonchev–Trinajstić information content (AvgIpc) is 2.58. The zero-order chi connectivity index (χ0) is 8.55. The zero-order valence-electron chi connectivity index (χ0n) is 5.62. The van der Waals surface area contributed by atoms with Crippen LogP contribution in [0, 0.1) is 0 Å². The standard InChI is InChI=1S/C6H2Br2N2OS/c7-4-3(1-2-12-4)5-9-6(8)10-11-5/h1-2H. The topological polar surface area (TPSA) is 38.9 Å². The lowest BCUT2D eigenvalue weighted by Gasteiger charge is -1.86. The van der Waals surface area contributed by atoms with E-state index in [4.69, 9.17) is 4.52 Å². The van der Waals surface area contributed by atoms with Crippen LogP contribution in [0.4, 0.5) is 0 Å². The van der Waals surface area contributed by atoms with E-state index in [0.29, 0.717) is 10.6 Å². The van der Waals surface area contributed by atoms with Gasteiger partial charge in [0.15, 0.2) is 0 Å². The molecule has 2 heterocycles. The van der Waals surface area contributed by atoms with Crippen LogP contribution in [-0.4, -0.2) is 10.1 Å². The summed E-state index contributed by atoms with van der Waals surface area (Å²) in [6, 6.07) is 1.93. The molecule has 2 rings (SSSR count). The fourth-order valence-corrected chi connectivity index (χ4v) is 2.23. The van der Waals surface area contributed by atoms with Crippen molar-refractivity contribution in [2.24, 2.45) is 0 Å². The quantitative estimate of drug-likeness (QED) is 0.811. The monoisotopic (exact) mass is 308 g/mol. The minimum atomic E-state index is 0.468. The van der Waals surface area contributed by atoms with E-state index in [-0.39, 0.29) is 0 Å². The van der Waals surface area contributed by atoms with Crippen molar-refractivity contribution in [2.45, 2.75) is 0 Å². The van der Waals surface area contributed by atoms with Crippen molar-refractivity contribution < 1.29 is 4.52 Å². The third-order valence-corrected chi connectivity index (χ3v) is 3.26. The maximum atomic E-state index is 4.96. The largest absolute Gasteiger partial charge is 0.333 e. The van der Waals surface area contributed by atoms with E-state index >= 15 is 0 Å². The van der Waals surface area contributed by atoms with Crippen LogP contribution in [0.25, 0.3) is 11.5 Å². The van der Waals surface area contributed by atoms with Gasteiger partial charge in [-0.2, -0.15) is 4.98 Å². The average molecular weight is 310 g/mol. The van der Waals surface area contributed by atoms with Gasteiger partial charge in [-0.3, -0.25) is 0 Å². The predicted octanol–water partition coefficient (Wildman–Crippen LogP) is 3.32. The van der Waals surface area contributed by atoms with Gasteiger partial charge in [-0.25, -0.2) is 0 Å². The lowest BCUT2D eigenvalue weighted by atomic mass is 10.3. The molecular weight excluding hydrogens is 308 g/mol. The first kappa shape index (κ1) is 8.40. The molecule has 62 valence electrons. The van der Waals surface area contributed by atoms with Crippen LogP contribution in [0.5, 0.6) is 0 Å². The Balaban J connectivity index is 2.50. The first-order chi connectivity index (χ1) is 5.77. The smallest absolute Gasteiger partial charge is 0.260 e. The minimum Gasteiger partial charge on any atom is -0.333 e. The van der Waals surface area contributed by atoms with Crippen molar-refractivity contribution in [1.82, 2.24) is 10.1 Å². The van der Waals surface area contributed by atoms with Gasteiger partial charge < -0.3 is 4.52 Å². The summed E-state index contributed by atoms with van der Waals surface area (Å²) >= 11 is 8.08. The van der Waals surface area contributed by atoms with E-state index < -0.39 is 0 Å². The summed E-state index contributed by atoms with van der Waals surface area (Å²) < 4.78 is 6.43. The van der Waals surface area contributed by atoms with Gasteiger partial charge in [-0.1, -0.05) is 0 Å². The molecular formula is C6H2Br2N2OS. The van der Waals surface area contributed by atoms with Gasteiger partial charge in [0.25, 0.3) is 5.89 Å². The van der Waals surface area contributed by atoms with Crippen molar-refractivity contribution in [3.63, 3.8) is 0 Å². The third kappa shape index (κ3) is 1.46. The van der Waals surface area contributed by atoms with Gasteiger partial charge in [-0.05, 0) is 48.5 Å². The molecule has 0 aliphatic heterocycles. The number of aromatic nitrogens is 2. The molecule has 2 aromatic rings. The molecule has 0 aliphatic rings. The molecule has 0 N–H and O–H groups in total. The summed E-state index contributed by atoms with van der Waals surface area (Å²) in [7, 11) is 0. The third-order valence-electron chi connectivity index (χ3n) is 1.25. The van der Waals surface area contributed by atoms with Gasteiger partial charge in [0.1, 0.15) is 0 Å². The second-order valence-corrected chi connectivity index (χ2v) is 4.92. The lowest BCUT2D eigenvalue weighted by molar-refractivity contribution is 0.426. The van der Waals surface area contributed by atoms with Gasteiger partial charge in [-0.15, -0.1) is 11.3 Å². The highest BCUT2D eigenvalue weighted by atomic mass is 79.9. The molecule has 2 aromatic heterocycles. The molecule has 0 bridgehead atoms. The first-order valence-corrected chi connectivity index (χ1v) is 5.46. The maximum absolute atomic E-state index is 4.96. The van der Waals surface area contributed by atoms with Crippen LogP contribution in [0.2, 0.25) is 0 Å². The molecule has 12 heavy (non-hydrogen) atoms. The predicted molar refractivity (Wildman–Crippen MR) is 53.0 cm³/mol. The molecule has 0 unspecified atom stereocenters. The van der Waals surface area contributed by atoms with Crippen molar-refractivity contribution in [3.8, 4) is 11.5 Å². The van der Waals surface area contributed by atoms with Gasteiger partial charge in [0.05, 0.1) is 9.35 Å². The van der Waals surface area contributed by atoms with E-state index in [0.717, 1.165) is 9.35 Å². The number of hydrogen-bond acceptors (Lipinski definition) is 4. The Kier molecular flexibility index (Phi) is 2.29. The molecule has 0 aliphatic carbocycles. The van der Waals surface area contributed by atoms with Crippen LogP contribution in [0.1, 0.15) is 0 Å². The normalized spacial score (nSPS) is 10.5. The van der Waals surface area contributed by atoms with Crippen LogP contribution in [0.15, 0.2) is 24.5 Å². The van der Waals surface area contributed by atoms with Crippen molar-refractivity contribution in [3.05, 3.63) is 20.0 Å². The molecule has 0 radical (unpaired) electrons. The van der Waals surface area contributed by atoms with Gasteiger partial charge in [0, 0.05) is 0 Å². The lowest BCUT2D eigenvalue weighted by Crippen LogP contribution is -1.72. The van der Waals surface area contributed by atoms with Crippen molar-refractivity contribution >= 4 is 43.2 Å². The molecule has 0 saturated carbocycles. The van der Waals surface area contributed by atoms with Crippen LogP contribution in [-0.2, 0) is 0 Å². The fourth-order valence-electron chi connectivity index (χ4n) is 0.761. The number of halogens is 2. The molecule has 0 amide bonds. The minimum absolute atomic E-state index is 0.468. The Morgan fingerprint density at radius 3 is 2.75 bits per heavy atom. The summed E-state index contributed by atoms with van der Waals surface area (Å²) in [4.78, 5) is 4.03. The van der Waals surface area contributed by atoms with E-state index in [9.17, 15) is 0 Å². The second kappa shape index (κ2) is 3.27. The number of thiophene rings is 1. The molecule has 0 saturated heterocycles. The summed E-state index contributed by atoms with van der Waals surface area (Å²) in [5.41, 5.74) is 0.929. The van der Waals surface area contributed by atoms with Crippen LogP contribution >= 0.6 is 43.2 Å². The summed E-state index contributed by atoms with van der Waals surface area (Å²) in [6.45, 7) is 0. The van der Waals surface area contributed by atoms with Gasteiger partial charge in [0.2, 0.25) is 4.73 Å². The zero-order valence-corrected chi connectivity index (χ0v) is 9.61. The summed E-state index contributed by atoms with van der Waals surface area (Å²) in [5.74, 6) is 0.523. The van der Waals surface area contributed by atoms with Crippen molar-refractivity contribution in [2.75, 3.05) is 0 Å². The van der Waals surface area contributed by atoms with E-state index in [1.807, 2.05) is 11.4 Å². The van der Waals surface area contributed by atoms with E-state index in [2.05, 4.69) is 42.0 Å². The molecule has 0 atom stereocenters. The fraction of sp³-hybridized carbons (Fsp3) is 0. The van der Waals surface area contributed by atoms with Crippen LogP contribution in [0.3, 0.4) is 0 Å². The highest BCUT2D eigenvalue weighted by Crippen LogP contribution is 2.31. The Hall–Kier alpha value is -0.200. The Morgan fingerprint density at radius 1 is 1.42 bits per heavy atom. The highest BCUT2D eigenvalue weighted by Gasteiger charge is 2.10. The van der Waals surface area contributed by atoms with Crippen molar-refractivity contribution in [1.29, 1.82) is 0 Å². The molecule has 6 heteroatoms. The van der Waals surface area contributed by atoms with Crippen LogP contribution < -0.4 is 0 Å². The Bertz CT molecular complexity index is 398. The Labute approximate surface area is 89.0 Å². The van der Waals surface area contributed by atoms with E-state index in [1.54, 1.807) is 11.3 Å². The summed E-state index contributed by atoms with van der Waals surface area (Å²) in [6.07, 6.45) is 0. The molecule has 3 nitrogen and oxygen atoms in total. The van der Waals surface area contributed by atoms with E-state index in [1.165, 1.54) is 0 Å². The molecule has 0 fully saturated rings. The second-order valence-electron chi connectivity index (χ2n) is 1.98. The number of hydrogen-bond donors (Lipinski definition) is 0. The maximum Gasteiger partial charge on any atom is 0.260 e. The molecule has 0 aromatic carbocycles. The number of rotatable bonds is 1. The SMILES string of the molecule is Brc1noc(-c2ccsc2Br)n1. The Morgan fingerprint density at radius 2 is 2.25 bits per heavy atom. The van der Waals surface area contributed by atoms with Gasteiger partial charge >= 0.3 is 0 Å². The summed E-state index contributed by atoms with van der Waals surface area (Å²) in [5, 5.41) is 5.58. The number of nitrogens with zero attached hydrogens (tertiary/aromatic N) is 2. The highest BCUT2D eigenvalue weighted by molar-refractivity contribution is 9.11.